The highest BCUT2D eigenvalue weighted by atomic mass is 32.2. The van der Waals surface area contributed by atoms with Gasteiger partial charge in [0, 0.05) is 45.2 Å². The van der Waals surface area contributed by atoms with E-state index in [2.05, 4.69) is 57.6 Å². The Balaban J connectivity index is 0.920. The maximum absolute atomic E-state index is 15.3. The van der Waals surface area contributed by atoms with Gasteiger partial charge in [0.1, 0.15) is 72.7 Å². The summed E-state index contributed by atoms with van der Waals surface area (Å²) in [5.74, 6) is -5.64. The summed E-state index contributed by atoms with van der Waals surface area (Å²) in [4.78, 5) is 135. The fourth-order valence-electron chi connectivity index (χ4n) is 14.3. The number of carboxylic acids is 1. The third-order valence-electron chi connectivity index (χ3n) is 21.3. The SMILES string of the molecule is CN[C@@H](C)C(=O)N[C@H](C(=O)N1C[C@H]2C/C=C\COc3ccc(cc3)C[C@@H](C(=O)O)NC(=O)[C@H](Cc3ccc4ccccc4c3)NC(=O)[C@@H]3C[C@@H](CN3C(=O)[C@@H](NC(=O)[C@H](C)NC)C(C)(C)C)n3cc(nn3)COc3ccc(cc3)C[C@@H](NS(=O)(=O)C3CC3)NC(=O)[C@H](Cc3ccc4ccccc4c3)NC(=O)[C@@H]1C2)C(C)(C)C. The van der Waals surface area contributed by atoms with Gasteiger partial charge in [-0.25, -0.2) is 17.9 Å². The number of hydrogen-bond acceptors (Lipinski definition) is 17. The maximum atomic E-state index is 15.3. The molecule has 10 N–H and O–H groups in total. The predicted octanol–water partition coefficient (Wildman–Crippen LogP) is 5.47. The zero-order valence-corrected chi connectivity index (χ0v) is 65.8. The first kappa shape index (κ1) is 82.3. The van der Waals surface area contributed by atoms with Crippen molar-refractivity contribution in [2.24, 2.45) is 16.7 Å². The molecule has 14 rings (SSSR count). The van der Waals surface area contributed by atoms with E-state index < -0.39 is 146 Å². The largest absolute Gasteiger partial charge is 0.490 e. The van der Waals surface area contributed by atoms with Crippen molar-refractivity contribution in [3.05, 3.63) is 180 Å². The molecule has 3 fully saturated rings. The average Bonchev–Trinajstić information content (AvgIpc) is 1.62. The van der Waals surface area contributed by atoms with Crippen molar-refractivity contribution in [3.63, 3.8) is 0 Å². The Labute approximate surface area is 653 Å². The number of carbonyl (C=O) groups excluding carboxylic acids is 8. The van der Waals surface area contributed by atoms with Crippen LogP contribution in [0.2, 0.25) is 0 Å². The summed E-state index contributed by atoms with van der Waals surface area (Å²) in [7, 11) is -0.720. The average molecular weight is 1550 g/mol. The molecule has 112 heavy (non-hydrogen) atoms. The number of likely N-dealkylation sites (tertiary alicyclic amines) is 2. The van der Waals surface area contributed by atoms with Gasteiger partial charge in [-0.3, -0.25) is 38.4 Å². The minimum absolute atomic E-state index is 0.0310. The summed E-state index contributed by atoms with van der Waals surface area (Å²) in [5.41, 5.74) is 1.09. The van der Waals surface area contributed by atoms with E-state index in [1.54, 1.807) is 110 Å². The molecule has 0 unspecified atom stereocenters. The molecule has 7 aliphatic rings. The smallest absolute Gasteiger partial charge is 0.326 e. The minimum Gasteiger partial charge on any atom is -0.490 e. The predicted molar refractivity (Wildman–Crippen MR) is 422 cm³/mol. The number of carboxylic acid groups (broad SMARTS) is 1. The Kier molecular flexibility index (Phi) is 26.3. The number of nitrogens with zero attached hydrogens (tertiary/aromatic N) is 5. The highest BCUT2D eigenvalue weighted by Crippen LogP contribution is 2.35. The van der Waals surface area contributed by atoms with Crippen LogP contribution in [0.5, 0.6) is 11.5 Å². The molecular formula is C83H104N14O14S. The van der Waals surface area contributed by atoms with Gasteiger partial charge in [-0.1, -0.05) is 168 Å². The van der Waals surface area contributed by atoms with E-state index in [9.17, 15) is 32.7 Å². The number of hydrogen-bond donors (Lipinski definition) is 10. The highest BCUT2D eigenvalue weighted by Gasteiger charge is 2.49. The summed E-state index contributed by atoms with van der Waals surface area (Å²) in [5, 5.41) is 45.9. The van der Waals surface area contributed by atoms with Crippen LogP contribution in [0.15, 0.2) is 152 Å². The molecule has 8 amide bonds. The lowest BCUT2D eigenvalue weighted by molar-refractivity contribution is -0.145. The summed E-state index contributed by atoms with van der Waals surface area (Å²) in [6, 6.07) is 29.2. The number of rotatable bonds is 16. The van der Waals surface area contributed by atoms with Gasteiger partial charge in [0.25, 0.3) is 0 Å². The van der Waals surface area contributed by atoms with Crippen LogP contribution in [0.3, 0.4) is 0 Å². The molecule has 0 spiro atoms. The van der Waals surface area contributed by atoms with E-state index in [0.717, 1.165) is 21.5 Å². The lowest BCUT2D eigenvalue weighted by Crippen LogP contribution is -2.61. The van der Waals surface area contributed by atoms with Gasteiger partial charge in [-0.05, 0) is 138 Å². The van der Waals surface area contributed by atoms with Crippen LogP contribution in [-0.4, -0.2) is 191 Å². The number of nitrogens with one attached hydrogen (secondary N) is 9. The second-order valence-electron chi connectivity index (χ2n) is 32.0. The van der Waals surface area contributed by atoms with Crippen LogP contribution in [0.25, 0.3) is 21.5 Å². The van der Waals surface area contributed by atoms with Crippen LogP contribution in [0.1, 0.15) is 121 Å². The van der Waals surface area contributed by atoms with Gasteiger partial charge >= 0.3 is 5.97 Å². The Morgan fingerprint density at radius 3 is 1.59 bits per heavy atom. The van der Waals surface area contributed by atoms with Crippen LogP contribution >= 0.6 is 0 Å². The first-order valence-electron chi connectivity index (χ1n) is 38.3. The molecule has 1 aromatic heterocycles. The number of amides is 8. The van der Waals surface area contributed by atoms with Gasteiger partial charge in [0.05, 0.1) is 35.7 Å². The summed E-state index contributed by atoms with van der Waals surface area (Å²) < 4.78 is 44.5. The van der Waals surface area contributed by atoms with Gasteiger partial charge in [-0.15, -0.1) is 5.10 Å². The van der Waals surface area contributed by atoms with E-state index in [1.165, 1.54) is 14.5 Å². The number of ether oxygens (including phenoxy) is 2. The second kappa shape index (κ2) is 35.8. The van der Waals surface area contributed by atoms with E-state index in [4.69, 9.17) is 9.47 Å². The normalized spacial score (nSPS) is 22.8. The molecule has 0 radical (unpaired) electrons. The number of fused-ring (bicyclic) bond motifs is 2. The Morgan fingerprint density at radius 2 is 1.08 bits per heavy atom. The zero-order valence-electron chi connectivity index (χ0n) is 65.0. The minimum atomic E-state index is -3.97. The number of allylic oxidation sites excluding steroid dienone is 1. The number of likely N-dealkylation sites (N-methyl/N-ethyl adjacent to an activating group) is 2. The number of carbonyl (C=O) groups is 9. The highest BCUT2D eigenvalue weighted by molar-refractivity contribution is 7.90. The van der Waals surface area contributed by atoms with Crippen LogP contribution in [0.4, 0.5) is 0 Å². The van der Waals surface area contributed by atoms with Crippen molar-refractivity contribution in [3.8, 4) is 11.5 Å². The third-order valence-corrected chi connectivity index (χ3v) is 23.3. The summed E-state index contributed by atoms with van der Waals surface area (Å²) >= 11 is 0. The first-order chi connectivity index (χ1) is 53.3. The van der Waals surface area contributed by atoms with Crippen molar-refractivity contribution in [2.75, 3.05) is 33.8 Å². The zero-order chi connectivity index (χ0) is 80.3. The number of sulfonamides is 1. The number of aromatic nitrogens is 3. The topological polar surface area (TPSA) is 372 Å². The lowest BCUT2D eigenvalue weighted by atomic mass is 9.85. The fraction of sp³-hybridized carbons (Fsp3) is 0.458. The monoisotopic (exact) mass is 1550 g/mol. The van der Waals surface area contributed by atoms with Crippen LogP contribution in [0, 0.1) is 16.7 Å². The van der Waals surface area contributed by atoms with Crippen molar-refractivity contribution >= 4 is 84.8 Å². The molecule has 28 nitrogen and oxygen atoms in total. The van der Waals surface area contributed by atoms with Crippen molar-refractivity contribution in [2.45, 2.75) is 192 Å². The Bertz CT molecular complexity index is 4730. The molecule has 7 heterocycles. The first-order valence-corrected chi connectivity index (χ1v) is 39.8. The quantitative estimate of drug-likeness (QED) is 0.0536. The van der Waals surface area contributed by atoms with Crippen molar-refractivity contribution in [1.29, 1.82) is 0 Å². The molecule has 1 aliphatic carbocycles. The molecule has 7 aromatic rings. The Hall–Kier alpha value is -10.6. The van der Waals surface area contributed by atoms with E-state index in [1.807, 2.05) is 112 Å². The molecule has 6 aliphatic heterocycles. The third kappa shape index (κ3) is 21.1. The van der Waals surface area contributed by atoms with Gasteiger partial charge in [0.2, 0.25) is 57.3 Å². The maximum Gasteiger partial charge on any atom is 0.326 e. The Morgan fingerprint density at radius 1 is 0.589 bits per heavy atom. The van der Waals surface area contributed by atoms with Gasteiger partial charge in [-0.2, -0.15) is 4.72 Å². The lowest BCUT2D eigenvalue weighted by Gasteiger charge is -2.36. The molecule has 6 aromatic carbocycles. The molecule has 1 saturated carbocycles. The number of aliphatic carboxylic acids is 1. The molecule has 29 heteroatoms. The standard InChI is InChI=1S/C83H104N14O14S/c1-49(84-9)73(98)90-71(82(3,4)5)79(104)95-45-55-17-15-16-36-110-62-30-24-51(25-31-62)39-67(81(106)107)88-75(100)65(40-53-22-28-56-18-11-13-20-58(56)37-53)86-78(103)69-44-61(47-96(69)80(105)72(83(6,7)8)91-74(99)50(2)85-10)97-46-60(92-94-97)48-111-63-32-26-52(27-33-63)43-70(93-112(108,109)64-34-35-64)89-76(101)66(87-77(102)68(95)42-55)41-54-23-29-57-19-12-14-21-59(57)38-54/h11-16,18-33,37-38,46,49-50,55,61,64-72,84-85,93H,17,34-36,39-45,47-48H2,1-10H3,(H,86,103)(H,87,102)(H,88,100)(H,89,101)(H,90,98)(H,91,99)(H,106,107)/b16-15-/t49-,50-,55-,61-,65-,66-,67-,68-,69-,70+,71+,72+/m0/s1. The van der Waals surface area contributed by atoms with Crippen molar-refractivity contribution in [1.82, 2.24) is 72.1 Å². The van der Waals surface area contributed by atoms with E-state index >= 15 is 24.0 Å². The molecule has 2 saturated heterocycles. The fourth-order valence-corrected chi connectivity index (χ4v) is 15.8. The van der Waals surface area contributed by atoms with Gasteiger partial charge < -0.3 is 66.9 Å². The summed E-state index contributed by atoms with van der Waals surface area (Å²) in [6.45, 7) is 14.2. The van der Waals surface area contributed by atoms with E-state index in [0.29, 0.717) is 58.7 Å². The van der Waals surface area contributed by atoms with Crippen LogP contribution in [-0.2, 0) is 85.5 Å². The van der Waals surface area contributed by atoms with Crippen LogP contribution < -0.4 is 56.7 Å². The van der Waals surface area contributed by atoms with Gasteiger partial charge in [0.15, 0.2) is 0 Å². The molecule has 596 valence electrons. The van der Waals surface area contributed by atoms with E-state index in [-0.39, 0.29) is 70.7 Å². The molecule has 12 atom stereocenters. The summed E-state index contributed by atoms with van der Waals surface area (Å²) in [6.07, 6.45) is 5.11. The van der Waals surface area contributed by atoms with Crippen molar-refractivity contribution < 1.29 is 66.1 Å². The molecule has 10 bridgehead atoms. The second-order valence-corrected chi connectivity index (χ2v) is 34.0. The molecular weight excluding hydrogens is 1450 g/mol. The number of benzene rings is 6.